The fourth-order valence-electron chi connectivity index (χ4n) is 4.07. The predicted molar refractivity (Wildman–Crippen MR) is 141 cm³/mol. The van der Waals surface area contributed by atoms with Crippen LogP contribution in [0.4, 0.5) is 5.95 Å². The number of benzene rings is 1. The van der Waals surface area contributed by atoms with E-state index >= 15 is 0 Å². The van der Waals surface area contributed by atoms with Gasteiger partial charge in [-0.05, 0) is 37.6 Å². The van der Waals surface area contributed by atoms with Gasteiger partial charge in [0.25, 0.3) is 11.5 Å². The summed E-state index contributed by atoms with van der Waals surface area (Å²) in [6.07, 6.45) is 4.26. The van der Waals surface area contributed by atoms with Crippen LogP contribution in [-0.2, 0) is 11.3 Å². The minimum absolute atomic E-state index is 0.00228. The molecule has 0 radical (unpaired) electrons. The minimum atomic E-state index is -0.241. The first-order valence-corrected chi connectivity index (χ1v) is 12.7. The number of thiophene rings is 1. The van der Waals surface area contributed by atoms with Crippen molar-refractivity contribution in [2.75, 3.05) is 18.5 Å². The molecule has 186 valence electrons. The average Bonchev–Trinajstić information content (AvgIpc) is 3.60. The summed E-state index contributed by atoms with van der Waals surface area (Å²) in [5.41, 5.74) is 3.99. The Hall–Kier alpha value is -3.83. The summed E-state index contributed by atoms with van der Waals surface area (Å²) in [6, 6.07) is 7.41. The summed E-state index contributed by atoms with van der Waals surface area (Å²) in [5, 5.41) is 9.74. The highest BCUT2D eigenvalue weighted by atomic mass is 32.1. The maximum absolute atomic E-state index is 13.1. The Labute approximate surface area is 210 Å². The molecule has 0 bridgehead atoms. The lowest BCUT2D eigenvalue weighted by Crippen LogP contribution is -2.16. The zero-order chi connectivity index (χ0) is 25.2. The predicted octanol–water partition coefficient (Wildman–Crippen LogP) is 4.53. The number of nitrogens with one attached hydrogen (secondary N) is 3. The third-order valence-electron chi connectivity index (χ3n) is 5.85. The molecule has 0 saturated heterocycles. The number of imidazole rings is 1. The molecule has 0 fully saturated rings. The minimum Gasteiger partial charge on any atom is -0.382 e. The van der Waals surface area contributed by atoms with E-state index in [1.807, 2.05) is 37.5 Å². The van der Waals surface area contributed by atoms with Gasteiger partial charge in [-0.15, -0.1) is 11.3 Å². The topological polar surface area (TPSA) is 131 Å². The van der Waals surface area contributed by atoms with Crippen molar-refractivity contribution in [1.29, 1.82) is 0 Å². The Bertz CT molecular complexity index is 1580. The molecule has 0 aliphatic carbocycles. The van der Waals surface area contributed by atoms with Crippen LogP contribution in [0, 0.1) is 0 Å². The Kier molecular flexibility index (Phi) is 6.66. The van der Waals surface area contributed by atoms with E-state index < -0.39 is 0 Å². The molecule has 0 atom stereocenters. The van der Waals surface area contributed by atoms with Gasteiger partial charge in [0.2, 0.25) is 5.95 Å². The zero-order valence-corrected chi connectivity index (χ0v) is 21.1. The first kappa shape index (κ1) is 23.9. The van der Waals surface area contributed by atoms with Crippen LogP contribution in [0.1, 0.15) is 48.5 Å². The van der Waals surface area contributed by atoms with E-state index in [1.54, 1.807) is 24.5 Å². The third-order valence-corrected chi connectivity index (χ3v) is 6.98. The van der Waals surface area contributed by atoms with Gasteiger partial charge in [-0.1, -0.05) is 13.8 Å². The van der Waals surface area contributed by atoms with Gasteiger partial charge in [-0.3, -0.25) is 20.0 Å². The monoisotopic (exact) mass is 505 g/mol. The quantitative estimate of drug-likeness (QED) is 0.252. The maximum Gasteiger partial charge on any atom is 0.270 e. The molecule has 4 aromatic heterocycles. The van der Waals surface area contributed by atoms with Gasteiger partial charge in [-0.2, -0.15) is 5.10 Å². The lowest BCUT2D eigenvalue weighted by molar-refractivity contribution is 0.102. The number of hydrogen-bond donors (Lipinski definition) is 3. The number of nitrogens with zero attached hydrogens (tertiary/aromatic N) is 4. The fraction of sp³-hybridized carbons (Fsp3) is 0.320. The van der Waals surface area contributed by atoms with Crippen LogP contribution in [0.5, 0.6) is 0 Å². The van der Waals surface area contributed by atoms with Gasteiger partial charge < -0.3 is 14.3 Å². The molecular weight excluding hydrogens is 478 g/mol. The van der Waals surface area contributed by atoms with E-state index in [0.717, 1.165) is 22.4 Å². The standard InChI is InChI=1S/C25H27N7O3S/c1-4-35-9-5-8-32-19-11-17-16(29-24(34)22(28-17)14(2)3)10-18(19)30-25(32)31-23(33)21-7-6-20(36-21)15-12-26-27-13-15/h6-7,10-14H,4-5,8-9H2,1-3H3,(H,26,27)(H,29,34)(H,30,31,33). The number of ether oxygens (including phenoxy) is 1. The number of aromatic nitrogens is 6. The summed E-state index contributed by atoms with van der Waals surface area (Å²) in [7, 11) is 0. The second-order valence-electron chi connectivity index (χ2n) is 8.71. The van der Waals surface area contributed by atoms with Crippen molar-refractivity contribution in [1.82, 2.24) is 29.7 Å². The van der Waals surface area contributed by atoms with E-state index in [0.29, 0.717) is 52.8 Å². The van der Waals surface area contributed by atoms with Crippen LogP contribution in [-0.4, -0.2) is 48.8 Å². The van der Waals surface area contributed by atoms with Gasteiger partial charge in [-0.25, -0.2) is 9.97 Å². The highest BCUT2D eigenvalue weighted by Gasteiger charge is 2.18. The van der Waals surface area contributed by atoms with E-state index in [1.165, 1.54) is 11.3 Å². The van der Waals surface area contributed by atoms with E-state index in [9.17, 15) is 9.59 Å². The van der Waals surface area contributed by atoms with Crippen LogP contribution in [0.2, 0.25) is 0 Å². The molecule has 0 saturated carbocycles. The number of rotatable bonds is 9. The molecule has 1 aromatic carbocycles. The molecule has 0 unspecified atom stereocenters. The van der Waals surface area contributed by atoms with Gasteiger partial charge in [0.15, 0.2) is 0 Å². The normalized spacial score (nSPS) is 11.7. The maximum atomic E-state index is 13.1. The molecular formula is C25H27N7O3S. The van der Waals surface area contributed by atoms with Crippen LogP contribution >= 0.6 is 11.3 Å². The second-order valence-corrected chi connectivity index (χ2v) is 9.79. The summed E-state index contributed by atoms with van der Waals surface area (Å²) in [6.45, 7) is 7.68. The average molecular weight is 506 g/mol. The highest BCUT2D eigenvalue weighted by molar-refractivity contribution is 7.17. The summed E-state index contributed by atoms with van der Waals surface area (Å²) >= 11 is 1.38. The van der Waals surface area contributed by atoms with Crippen molar-refractivity contribution in [2.45, 2.75) is 39.7 Å². The van der Waals surface area contributed by atoms with Crippen LogP contribution in [0.25, 0.3) is 32.5 Å². The van der Waals surface area contributed by atoms with E-state index in [-0.39, 0.29) is 17.4 Å². The van der Waals surface area contributed by atoms with Gasteiger partial charge in [0, 0.05) is 42.3 Å². The van der Waals surface area contributed by atoms with Crippen molar-refractivity contribution < 1.29 is 9.53 Å². The number of carbonyl (C=O) groups is 1. The number of aryl methyl sites for hydroxylation is 1. The Balaban J connectivity index is 1.52. The highest BCUT2D eigenvalue weighted by Crippen LogP contribution is 2.29. The largest absolute Gasteiger partial charge is 0.382 e. The number of fused-ring (bicyclic) bond motifs is 2. The fourth-order valence-corrected chi connectivity index (χ4v) is 4.95. The Morgan fingerprint density at radius 1 is 1.22 bits per heavy atom. The molecule has 3 N–H and O–H groups in total. The molecule has 0 aliphatic rings. The van der Waals surface area contributed by atoms with Crippen molar-refractivity contribution in [3.63, 3.8) is 0 Å². The molecule has 0 spiro atoms. The Morgan fingerprint density at radius 2 is 2.08 bits per heavy atom. The number of amides is 1. The van der Waals surface area contributed by atoms with Gasteiger partial charge in [0.1, 0.15) is 5.69 Å². The lowest BCUT2D eigenvalue weighted by atomic mass is 10.1. The number of carbonyl (C=O) groups excluding carboxylic acids is 1. The van der Waals surface area contributed by atoms with Crippen molar-refractivity contribution in [3.05, 3.63) is 57.6 Å². The smallest absolute Gasteiger partial charge is 0.270 e. The van der Waals surface area contributed by atoms with Crippen molar-refractivity contribution >= 4 is 45.3 Å². The van der Waals surface area contributed by atoms with Crippen molar-refractivity contribution in [2.24, 2.45) is 0 Å². The number of H-pyrrole nitrogens is 2. The molecule has 4 heterocycles. The second kappa shape index (κ2) is 10.0. The SMILES string of the molecule is CCOCCCn1c(NC(=O)c2ccc(-c3cn[nH]c3)s2)nc2cc3[nH]c(=O)c(C(C)C)nc3cc21. The summed E-state index contributed by atoms with van der Waals surface area (Å²) < 4.78 is 7.49. The zero-order valence-electron chi connectivity index (χ0n) is 20.3. The van der Waals surface area contributed by atoms with E-state index in [2.05, 4.69) is 25.5 Å². The van der Waals surface area contributed by atoms with Gasteiger partial charge >= 0.3 is 0 Å². The number of hydrogen-bond acceptors (Lipinski definition) is 7. The number of aromatic amines is 2. The van der Waals surface area contributed by atoms with Crippen LogP contribution < -0.4 is 10.9 Å². The summed E-state index contributed by atoms with van der Waals surface area (Å²) in [4.78, 5) is 39.3. The molecule has 36 heavy (non-hydrogen) atoms. The first-order chi connectivity index (χ1) is 17.4. The molecule has 10 nitrogen and oxygen atoms in total. The molecule has 11 heteroatoms. The van der Waals surface area contributed by atoms with E-state index in [4.69, 9.17) is 9.72 Å². The molecule has 0 aliphatic heterocycles. The van der Waals surface area contributed by atoms with Crippen LogP contribution in [0.15, 0.2) is 41.5 Å². The third kappa shape index (κ3) is 4.67. The first-order valence-electron chi connectivity index (χ1n) is 11.9. The lowest BCUT2D eigenvalue weighted by Gasteiger charge is -2.10. The molecule has 5 aromatic rings. The molecule has 1 amide bonds. The number of anilines is 1. The Morgan fingerprint density at radius 3 is 2.83 bits per heavy atom. The van der Waals surface area contributed by atoms with Crippen molar-refractivity contribution in [3.8, 4) is 10.4 Å². The van der Waals surface area contributed by atoms with Crippen LogP contribution in [0.3, 0.4) is 0 Å². The summed E-state index contributed by atoms with van der Waals surface area (Å²) in [5.74, 6) is 0.193. The molecule has 5 rings (SSSR count). The van der Waals surface area contributed by atoms with Gasteiger partial charge in [0.05, 0.1) is 33.1 Å².